The predicted molar refractivity (Wildman–Crippen MR) is 141 cm³/mol. The molecule has 0 saturated carbocycles. The van der Waals surface area contributed by atoms with Gasteiger partial charge in [-0.05, 0) is 42.9 Å². The maximum atomic E-state index is 13.6. The number of hydrogen-bond acceptors (Lipinski definition) is 5. The summed E-state index contributed by atoms with van der Waals surface area (Å²) in [6, 6.07) is 12.4. The lowest BCUT2D eigenvalue weighted by molar-refractivity contribution is 0.0590. The Kier molecular flexibility index (Phi) is 9.19. The number of halogens is 3. The first-order valence-electron chi connectivity index (χ1n) is 12.4. The van der Waals surface area contributed by atoms with Crippen molar-refractivity contribution < 1.29 is 9.18 Å². The fourth-order valence-corrected chi connectivity index (χ4v) is 5.35. The van der Waals surface area contributed by atoms with E-state index in [1.807, 2.05) is 19.1 Å². The van der Waals surface area contributed by atoms with Crippen LogP contribution in [0.1, 0.15) is 28.9 Å². The monoisotopic (exact) mass is 520 g/mol. The van der Waals surface area contributed by atoms with E-state index in [2.05, 4.69) is 26.6 Å². The zero-order valence-electron chi connectivity index (χ0n) is 20.6. The van der Waals surface area contributed by atoms with Crippen molar-refractivity contribution in [3.05, 3.63) is 69.5 Å². The summed E-state index contributed by atoms with van der Waals surface area (Å²) in [4.78, 5) is 22.7. The summed E-state index contributed by atoms with van der Waals surface area (Å²) in [6.07, 6.45) is 0. The molecule has 0 spiro atoms. The van der Waals surface area contributed by atoms with Gasteiger partial charge in [-0.15, -0.1) is 0 Å². The molecule has 2 aromatic carbocycles. The molecule has 2 fully saturated rings. The van der Waals surface area contributed by atoms with Crippen LogP contribution in [-0.4, -0.2) is 97.9 Å². The highest BCUT2D eigenvalue weighted by Gasteiger charge is 2.28. The van der Waals surface area contributed by atoms with Crippen LogP contribution < -0.4 is 0 Å². The molecule has 0 bridgehead atoms. The number of rotatable bonds is 8. The van der Waals surface area contributed by atoms with Crippen LogP contribution in [0, 0.1) is 11.7 Å². The molecule has 190 valence electrons. The summed E-state index contributed by atoms with van der Waals surface area (Å²) >= 11 is 12.1. The van der Waals surface area contributed by atoms with Crippen molar-refractivity contribution in [2.45, 2.75) is 13.0 Å². The van der Waals surface area contributed by atoms with E-state index in [0.29, 0.717) is 15.6 Å². The van der Waals surface area contributed by atoms with Gasteiger partial charge in [-0.2, -0.15) is 0 Å². The number of likely N-dealkylation sites (N-methyl/N-ethyl adjacent to an activating group) is 1. The fourth-order valence-electron chi connectivity index (χ4n) is 5.05. The predicted octanol–water partition coefficient (Wildman–Crippen LogP) is 4.56. The Morgan fingerprint density at radius 1 is 0.857 bits per heavy atom. The normalized spacial score (nSPS) is 20.6. The SMILES string of the molecule is CC(CN1CCN(CC(c2ccc(F)cc2)N2CCN(C)CC2)CC1)C(=O)c1ccc(Cl)c(Cl)c1. The first-order valence-corrected chi connectivity index (χ1v) is 13.2. The summed E-state index contributed by atoms with van der Waals surface area (Å²) in [5.74, 6) is -0.211. The van der Waals surface area contributed by atoms with Crippen molar-refractivity contribution in [2.75, 3.05) is 72.5 Å². The number of Topliss-reactive ketones (excluding diaryl/α,β-unsaturated/α-hetero) is 1. The number of carbonyl (C=O) groups excluding carboxylic acids is 1. The van der Waals surface area contributed by atoms with Gasteiger partial charge in [0.2, 0.25) is 0 Å². The molecule has 0 amide bonds. The van der Waals surface area contributed by atoms with Crippen LogP contribution in [0.2, 0.25) is 10.0 Å². The number of benzene rings is 2. The van der Waals surface area contributed by atoms with E-state index >= 15 is 0 Å². The highest BCUT2D eigenvalue weighted by molar-refractivity contribution is 6.42. The van der Waals surface area contributed by atoms with E-state index in [1.54, 1.807) is 30.3 Å². The van der Waals surface area contributed by atoms with E-state index in [-0.39, 0.29) is 23.6 Å². The molecule has 35 heavy (non-hydrogen) atoms. The zero-order valence-corrected chi connectivity index (χ0v) is 22.1. The lowest BCUT2D eigenvalue weighted by Gasteiger charge is -2.42. The van der Waals surface area contributed by atoms with Gasteiger partial charge in [0.15, 0.2) is 5.78 Å². The van der Waals surface area contributed by atoms with Gasteiger partial charge in [-0.1, -0.05) is 42.3 Å². The molecule has 2 saturated heterocycles. The van der Waals surface area contributed by atoms with Crippen molar-refractivity contribution in [3.8, 4) is 0 Å². The molecular formula is C27H35Cl2FN4O. The Bertz CT molecular complexity index is 989. The smallest absolute Gasteiger partial charge is 0.166 e. The number of piperazine rings is 2. The van der Waals surface area contributed by atoms with E-state index in [0.717, 1.165) is 65.4 Å². The summed E-state index contributed by atoms with van der Waals surface area (Å²) in [7, 11) is 2.16. The molecule has 0 N–H and O–H groups in total. The summed E-state index contributed by atoms with van der Waals surface area (Å²) in [5, 5.41) is 0.872. The second-order valence-electron chi connectivity index (χ2n) is 9.90. The topological polar surface area (TPSA) is 30.0 Å². The molecule has 2 unspecified atom stereocenters. The molecule has 0 aromatic heterocycles. The standard InChI is InChI=1S/C27H35Cl2FN4O/c1-20(27(35)22-5-8-24(28)25(29)17-22)18-32-11-13-33(14-12-32)19-26(21-3-6-23(30)7-4-21)34-15-9-31(2)10-16-34/h3-8,17,20,26H,9-16,18-19H2,1-2H3. The van der Waals surface area contributed by atoms with Crippen LogP contribution in [0.4, 0.5) is 4.39 Å². The maximum Gasteiger partial charge on any atom is 0.166 e. The average Bonchev–Trinajstić information content (AvgIpc) is 2.86. The lowest BCUT2D eigenvalue weighted by atomic mass is 9.98. The fraction of sp³-hybridized carbons (Fsp3) is 0.519. The Morgan fingerprint density at radius 3 is 2.06 bits per heavy atom. The largest absolute Gasteiger partial charge is 0.304 e. The van der Waals surface area contributed by atoms with Gasteiger partial charge in [-0.3, -0.25) is 14.6 Å². The lowest BCUT2D eigenvalue weighted by Crippen LogP contribution is -2.52. The van der Waals surface area contributed by atoms with Gasteiger partial charge in [0.1, 0.15) is 5.82 Å². The molecule has 2 heterocycles. The Balaban J connectivity index is 1.32. The summed E-state index contributed by atoms with van der Waals surface area (Å²) < 4.78 is 13.6. The third-order valence-electron chi connectivity index (χ3n) is 7.31. The van der Waals surface area contributed by atoms with Gasteiger partial charge in [0.05, 0.1) is 10.0 Å². The third kappa shape index (κ3) is 7.03. The Labute approximate surface area is 218 Å². The molecule has 2 aliphatic heterocycles. The van der Waals surface area contributed by atoms with E-state index in [9.17, 15) is 9.18 Å². The van der Waals surface area contributed by atoms with Gasteiger partial charge in [-0.25, -0.2) is 4.39 Å². The highest BCUT2D eigenvalue weighted by Crippen LogP contribution is 2.26. The van der Waals surface area contributed by atoms with Crippen molar-refractivity contribution in [2.24, 2.45) is 5.92 Å². The van der Waals surface area contributed by atoms with Gasteiger partial charge in [0, 0.05) is 83.0 Å². The van der Waals surface area contributed by atoms with Gasteiger partial charge >= 0.3 is 0 Å². The maximum absolute atomic E-state index is 13.6. The highest BCUT2D eigenvalue weighted by atomic mass is 35.5. The van der Waals surface area contributed by atoms with Crippen LogP contribution in [0.25, 0.3) is 0 Å². The minimum Gasteiger partial charge on any atom is -0.304 e. The van der Waals surface area contributed by atoms with Crippen molar-refractivity contribution >= 4 is 29.0 Å². The first kappa shape index (κ1) is 26.5. The van der Waals surface area contributed by atoms with Gasteiger partial charge < -0.3 is 9.80 Å². The number of ketones is 1. The van der Waals surface area contributed by atoms with Crippen molar-refractivity contribution in [1.29, 1.82) is 0 Å². The van der Waals surface area contributed by atoms with Crippen LogP contribution in [-0.2, 0) is 0 Å². The molecule has 0 aliphatic carbocycles. The molecule has 2 aromatic rings. The zero-order chi connectivity index (χ0) is 24.9. The molecule has 2 aliphatic rings. The second-order valence-corrected chi connectivity index (χ2v) is 10.7. The summed E-state index contributed by atoms with van der Waals surface area (Å²) in [5.41, 5.74) is 1.79. The van der Waals surface area contributed by atoms with E-state index < -0.39 is 0 Å². The Morgan fingerprint density at radius 2 is 1.46 bits per heavy atom. The minimum absolute atomic E-state index is 0.0948. The summed E-state index contributed by atoms with van der Waals surface area (Å²) in [6.45, 7) is 11.6. The van der Waals surface area contributed by atoms with E-state index in [1.165, 1.54) is 5.56 Å². The number of hydrogen-bond donors (Lipinski definition) is 0. The average molecular weight is 522 g/mol. The Hall–Kier alpha value is -1.54. The molecular weight excluding hydrogens is 486 g/mol. The van der Waals surface area contributed by atoms with Crippen LogP contribution >= 0.6 is 23.2 Å². The number of carbonyl (C=O) groups is 1. The first-order chi connectivity index (χ1) is 16.8. The second kappa shape index (κ2) is 12.1. The van der Waals surface area contributed by atoms with Crippen LogP contribution in [0.5, 0.6) is 0 Å². The number of nitrogens with zero attached hydrogens (tertiary/aromatic N) is 4. The van der Waals surface area contributed by atoms with Crippen LogP contribution in [0.15, 0.2) is 42.5 Å². The van der Waals surface area contributed by atoms with Gasteiger partial charge in [0.25, 0.3) is 0 Å². The van der Waals surface area contributed by atoms with Crippen molar-refractivity contribution in [1.82, 2.24) is 19.6 Å². The third-order valence-corrected chi connectivity index (χ3v) is 8.05. The molecule has 8 heteroatoms. The molecule has 5 nitrogen and oxygen atoms in total. The molecule has 2 atom stereocenters. The molecule has 0 radical (unpaired) electrons. The molecule has 4 rings (SSSR count). The minimum atomic E-state index is -0.191. The van der Waals surface area contributed by atoms with Crippen LogP contribution in [0.3, 0.4) is 0 Å². The van der Waals surface area contributed by atoms with Crippen molar-refractivity contribution in [3.63, 3.8) is 0 Å². The van der Waals surface area contributed by atoms with E-state index in [4.69, 9.17) is 23.2 Å². The quantitative estimate of drug-likeness (QED) is 0.476.